The Morgan fingerprint density at radius 2 is 1.61 bits per heavy atom. The summed E-state index contributed by atoms with van der Waals surface area (Å²) in [5, 5.41) is 10.1. The Morgan fingerprint density at radius 3 is 2.17 bits per heavy atom. The summed E-state index contributed by atoms with van der Waals surface area (Å²) >= 11 is 3.50. The van der Waals surface area contributed by atoms with E-state index >= 15 is 0 Å². The van der Waals surface area contributed by atoms with Gasteiger partial charge >= 0.3 is 0 Å². The molecule has 1 unspecified atom stereocenters. The maximum atomic E-state index is 12.9. The smallest absolute Gasteiger partial charge is 0.123 e. The molecule has 0 heterocycles. The van der Waals surface area contributed by atoms with Crippen molar-refractivity contribution in [3.8, 4) is 5.75 Å². The molecule has 0 amide bonds. The number of alkyl halides is 1. The minimum absolute atomic E-state index is 0.211. The first-order chi connectivity index (χ1) is 8.69. The van der Waals surface area contributed by atoms with Crippen LogP contribution in [0, 0.1) is 5.82 Å². The maximum absolute atomic E-state index is 12.9. The monoisotopic (exact) mass is 308 g/mol. The van der Waals surface area contributed by atoms with Gasteiger partial charge in [0.2, 0.25) is 0 Å². The van der Waals surface area contributed by atoms with Crippen LogP contribution < -0.4 is 0 Å². The summed E-state index contributed by atoms with van der Waals surface area (Å²) in [5.74, 6) is 0.364. The van der Waals surface area contributed by atoms with Crippen LogP contribution in [-0.4, -0.2) is 10.4 Å². The fraction of sp³-hybridized carbons (Fsp3) is 0.200. The number of hydrogen-bond acceptors (Lipinski definition) is 1. The molecule has 94 valence electrons. The van der Waals surface area contributed by atoms with E-state index in [0.717, 1.165) is 22.9 Å². The van der Waals surface area contributed by atoms with E-state index in [-0.39, 0.29) is 11.6 Å². The van der Waals surface area contributed by atoms with Crippen molar-refractivity contribution < 1.29 is 9.50 Å². The lowest BCUT2D eigenvalue weighted by molar-refractivity contribution is 0.475. The van der Waals surface area contributed by atoms with Crippen LogP contribution in [0.1, 0.15) is 17.0 Å². The van der Waals surface area contributed by atoms with Crippen molar-refractivity contribution in [2.45, 2.75) is 12.3 Å². The van der Waals surface area contributed by atoms with Crippen LogP contribution in [0.5, 0.6) is 5.75 Å². The molecule has 0 saturated carbocycles. The highest BCUT2D eigenvalue weighted by atomic mass is 79.9. The predicted octanol–water partition coefficient (Wildman–Crippen LogP) is 4.25. The second-order valence-corrected chi connectivity index (χ2v) is 4.92. The molecule has 0 aliphatic carbocycles. The van der Waals surface area contributed by atoms with Crippen molar-refractivity contribution in [3.63, 3.8) is 0 Å². The lowest BCUT2D eigenvalue weighted by Gasteiger charge is -2.14. The van der Waals surface area contributed by atoms with E-state index in [4.69, 9.17) is 0 Å². The highest BCUT2D eigenvalue weighted by Gasteiger charge is 2.11. The van der Waals surface area contributed by atoms with E-state index in [9.17, 15) is 9.50 Å². The Morgan fingerprint density at radius 1 is 1.00 bits per heavy atom. The summed E-state index contributed by atoms with van der Waals surface area (Å²) in [5.41, 5.74) is 2.27. The Kier molecular flexibility index (Phi) is 4.37. The van der Waals surface area contributed by atoms with E-state index in [2.05, 4.69) is 15.9 Å². The van der Waals surface area contributed by atoms with E-state index < -0.39 is 0 Å². The van der Waals surface area contributed by atoms with Gasteiger partial charge in [-0.2, -0.15) is 0 Å². The van der Waals surface area contributed by atoms with E-state index in [0.29, 0.717) is 5.92 Å². The van der Waals surface area contributed by atoms with Gasteiger partial charge in [0.1, 0.15) is 11.6 Å². The van der Waals surface area contributed by atoms with Gasteiger partial charge in [0.25, 0.3) is 0 Å². The SMILES string of the molecule is Oc1ccc(CC(CBr)c2ccc(F)cc2)cc1. The molecule has 0 bridgehead atoms. The minimum Gasteiger partial charge on any atom is -0.508 e. The molecule has 18 heavy (non-hydrogen) atoms. The maximum Gasteiger partial charge on any atom is 0.123 e. The highest BCUT2D eigenvalue weighted by molar-refractivity contribution is 9.09. The molecule has 1 atom stereocenters. The van der Waals surface area contributed by atoms with Gasteiger partial charge < -0.3 is 5.11 Å². The van der Waals surface area contributed by atoms with Crippen molar-refractivity contribution in [2.24, 2.45) is 0 Å². The topological polar surface area (TPSA) is 20.2 Å². The third kappa shape index (κ3) is 3.33. The minimum atomic E-state index is -0.211. The molecule has 0 radical (unpaired) electrons. The van der Waals surface area contributed by atoms with Gasteiger partial charge in [-0.25, -0.2) is 4.39 Å². The summed E-state index contributed by atoms with van der Waals surface area (Å²) in [4.78, 5) is 0. The largest absolute Gasteiger partial charge is 0.508 e. The third-order valence-corrected chi connectivity index (χ3v) is 3.73. The number of benzene rings is 2. The zero-order valence-corrected chi connectivity index (χ0v) is 11.4. The van der Waals surface area contributed by atoms with Gasteiger partial charge in [-0.3, -0.25) is 0 Å². The molecule has 2 rings (SSSR count). The Labute approximate surface area is 114 Å². The van der Waals surface area contributed by atoms with Gasteiger partial charge in [-0.1, -0.05) is 40.2 Å². The molecule has 1 nitrogen and oxygen atoms in total. The molecule has 0 fully saturated rings. The fourth-order valence-electron chi connectivity index (χ4n) is 1.91. The molecule has 0 saturated heterocycles. The molecule has 0 aliphatic heterocycles. The second-order valence-electron chi connectivity index (χ2n) is 4.27. The van der Waals surface area contributed by atoms with Crippen molar-refractivity contribution in [3.05, 3.63) is 65.5 Å². The van der Waals surface area contributed by atoms with Crippen LogP contribution in [0.2, 0.25) is 0 Å². The molecule has 1 N–H and O–H groups in total. The van der Waals surface area contributed by atoms with Crippen LogP contribution in [0.25, 0.3) is 0 Å². The highest BCUT2D eigenvalue weighted by Crippen LogP contribution is 2.24. The summed E-state index contributed by atoms with van der Waals surface area (Å²) < 4.78 is 12.9. The zero-order valence-electron chi connectivity index (χ0n) is 9.81. The molecule has 0 spiro atoms. The van der Waals surface area contributed by atoms with Crippen LogP contribution in [0.3, 0.4) is 0 Å². The van der Waals surface area contributed by atoms with Crippen molar-refractivity contribution in [2.75, 3.05) is 5.33 Å². The van der Waals surface area contributed by atoms with Gasteiger partial charge in [0.15, 0.2) is 0 Å². The summed E-state index contributed by atoms with van der Waals surface area (Å²) in [6.45, 7) is 0. The Hall–Kier alpha value is -1.35. The number of phenolic OH excluding ortho intramolecular Hbond substituents is 1. The number of aromatic hydroxyl groups is 1. The van der Waals surface area contributed by atoms with Crippen molar-refractivity contribution >= 4 is 15.9 Å². The summed E-state index contributed by atoms with van der Waals surface area (Å²) in [6, 6.07) is 13.8. The van der Waals surface area contributed by atoms with E-state index in [1.54, 1.807) is 12.1 Å². The fourth-order valence-corrected chi connectivity index (χ4v) is 2.52. The molecular formula is C15H14BrFO. The predicted molar refractivity (Wildman–Crippen MR) is 74.7 cm³/mol. The van der Waals surface area contributed by atoms with Crippen LogP contribution in [0.4, 0.5) is 4.39 Å². The number of phenols is 1. The molecule has 2 aromatic carbocycles. The van der Waals surface area contributed by atoms with Crippen LogP contribution in [0.15, 0.2) is 48.5 Å². The van der Waals surface area contributed by atoms with Gasteiger partial charge in [-0.05, 0) is 47.7 Å². The van der Waals surface area contributed by atoms with Crippen molar-refractivity contribution in [1.82, 2.24) is 0 Å². The third-order valence-electron chi connectivity index (χ3n) is 2.95. The molecule has 0 aliphatic rings. The molecule has 3 heteroatoms. The van der Waals surface area contributed by atoms with E-state index in [1.807, 2.05) is 24.3 Å². The first-order valence-electron chi connectivity index (χ1n) is 5.78. The van der Waals surface area contributed by atoms with Gasteiger partial charge in [0.05, 0.1) is 0 Å². The van der Waals surface area contributed by atoms with Crippen LogP contribution >= 0.6 is 15.9 Å². The lowest BCUT2D eigenvalue weighted by Crippen LogP contribution is -2.04. The lowest BCUT2D eigenvalue weighted by atomic mass is 9.94. The normalized spacial score (nSPS) is 12.3. The van der Waals surface area contributed by atoms with Gasteiger partial charge in [-0.15, -0.1) is 0 Å². The Balaban J connectivity index is 2.14. The average Bonchev–Trinajstić information content (AvgIpc) is 2.39. The summed E-state index contributed by atoms with van der Waals surface area (Å²) in [6.07, 6.45) is 0.858. The zero-order chi connectivity index (χ0) is 13.0. The van der Waals surface area contributed by atoms with Crippen LogP contribution in [-0.2, 0) is 6.42 Å². The average molecular weight is 309 g/mol. The first-order valence-corrected chi connectivity index (χ1v) is 6.90. The standard InChI is InChI=1S/C15H14BrFO/c16-10-13(12-3-5-14(17)6-4-12)9-11-1-7-15(18)8-2-11/h1-8,13,18H,9-10H2. The number of hydrogen-bond donors (Lipinski definition) is 1. The molecule has 0 aromatic heterocycles. The first kappa shape index (κ1) is 13.1. The van der Waals surface area contributed by atoms with E-state index in [1.165, 1.54) is 12.1 Å². The quantitative estimate of drug-likeness (QED) is 0.837. The summed E-state index contributed by atoms with van der Waals surface area (Å²) in [7, 11) is 0. The van der Waals surface area contributed by atoms with Gasteiger partial charge in [0, 0.05) is 5.33 Å². The van der Waals surface area contributed by atoms with Crippen molar-refractivity contribution in [1.29, 1.82) is 0 Å². The number of rotatable bonds is 4. The number of halogens is 2. The second kappa shape index (κ2) is 6.01. The molecule has 2 aromatic rings. The Bertz CT molecular complexity index is 493. The molecular weight excluding hydrogens is 295 g/mol.